The van der Waals surface area contributed by atoms with Crippen LogP contribution in [0.5, 0.6) is 0 Å². The average Bonchev–Trinajstić information content (AvgIpc) is 3.22. The number of carboxylic acid groups (broad SMARTS) is 1. The second-order valence-electron chi connectivity index (χ2n) is 5.69. The Labute approximate surface area is 131 Å². The van der Waals surface area contributed by atoms with Gasteiger partial charge in [-0.2, -0.15) is 0 Å². The molecule has 1 aliphatic carbocycles. The van der Waals surface area contributed by atoms with Crippen molar-refractivity contribution < 1.29 is 19.1 Å². The van der Waals surface area contributed by atoms with E-state index in [4.69, 9.17) is 5.11 Å². The van der Waals surface area contributed by atoms with Crippen LogP contribution in [0.25, 0.3) is 10.1 Å². The molecule has 1 aromatic heterocycles. The van der Waals surface area contributed by atoms with E-state index in [-0.39, 0.29) is 24.3 Å². The smallest absolute Gasteiger partial charge is 0.308 e. The van der Waals surface area contributed by atoms with Crippen molar-refractivity contribution in [1.29, 1.82) is 0 Å². The zero-order chi connectivity index (χ0) is 15.9. The van der Waals surface area contributed by atoms with Crippen LogP contribution in [0.1, 0.15) is 29.4 Å². The molecule has 6 heteroatoms. The van der Waals surface area contributed by atoms with Crippen LogP contribution in [0.3, 0.4) is 0 Å². The number of carbonyl (C=O) groups is 2. The summed E-state index contributed by atoms with van der Waals surface area (Å²) < 4.78 is 14.5. The number of aliphatic carboxylic acids is 1. The molecule has 1 N–H and O–H groups in total. The monoisotopic (exact) mass is 321 g/mol. The molecule has 0 spiro atoms. The highest BCUT2D eigenvalue weighted by molar-refractivity contribution is 7.20. The molecular formula is C16H16FNO3S. The van der Waals surface area contributed by atoms with Crippen molar-refractivity contribution in [3.63, 3.8) is 0 Å². The highest BCUT2D eigenvalue weighted by atomic mass is 32.1. The van der Waals surface area contributed by atoms with Crippen LogP contribution in [-0.2, 0) is 4.79 Å². The predicted octanol–water partition coefficient (Wildman–Crippen LogP) is 3.37. The number of carbonyl (C=O) groups excluding carboxylic acids is 1. The normalized spacial score (nSPS) is 15.7. The topological polar surface area (TPSA) is 57.6 Å². The molecule has 1 amide bonds. The molecule has 1 aromatic carbocycles. The summed E-state index contributed by atoms with van der Waals surface area (Å²) in [6, 6.07) is 6.45. The number of thiophene rings is 1. The number of nitrogens with zero attached hydrogens (tertiary/aromatic N) is 1. The number of hydrogen-bond acceptors (Lipinski definition) is 3. The van der Waals surface area contributed by atoms with Crippen molar-refractivity contribution in [2.24, 2.45) is 5.92 Å². The molecule has 1 heterocycles. The number of hydrogen-bond donors (Lipinski definition) is 1. The Bertz CT molecular complexity index is 738. The van der Waals surface area contributed by atoms with Gasteiger partial charge in [-0.1, -0.05) is 13.0 Å². The van der Waals surface area contributed by atoms with Crippen molar-refractivity contribution in [3.05, 3.63) is 35.0 Å². The average molecular weight is 321 g/mol. The fourth-order valence-electron chi connectivity index (χ4n) is 2.43. The molecule has 116 valence electrons. The Hall–Kier alpha value is -1.95. The van der Waals surface area contributed by atoms with Crippen LogP contribution < -0.4 is 0 Å². The van der Waals surface area contributed by atoms with Gasteiger partial charge in [-0.05, 0) is 31.0 Å². The third kappa shape index (κ3) is 2.83. The molecule has 0 unspecified atom stereocenters. The van der Waals surface area contributed by atoms with Gasteiger partial charge in [-0.15, -0.1) is 11.3 Å². The molecule has 0 bridgehead atoms. The number of fused-ring (bicyclic) bond motifs is 1. The summed E-state index contributed by atoms with van der Waals surface area (Å²) in [5.41, 5.74) is 0. The van der Waals surface area contributed by atoms with E-state index in [0.29, 0.717) is 10.3 Å². The Morgan fingerprint density at radius 3 is 2.77 bits per heavy atom. The summed E-state index contributed by atoms with van der Waals surface area (Å²) in [7, 11) is 0. The maximum Gasteiger partial charge on any atom is 0.308 e. The third-order valence-electron chi connectivity index (χ3n) is 3.86. The fraction of sp³-hybridized carbons (Fsp3) is 0.375. The van der Waals surface area contributed by atoms with E-state index in [9.17, 15) is 14.0 Å². The number of amides is 1. The lowest BCUT2D eigenvalue weighted by Crippen LogP contribution is -2.38. The van der Waals surface area contributed by atoms with Crippen molar-refractivity contribution in [3.8, 4) is 0 Å². The zero-order valence-electron chi connectivity index (χ0n) is 12.1. The van der Waals surface area contributed by atoms with Crippen LogP contribution in [0.4, 0.5) is 4.39 Å². The molecule has 0 radical (unpaired) electrons. The highest BCUT2D eigenvalue weighted by Crippen LogP contribution is 2.33. The highest BCUT2D eigenvalue weighted by Gasteiger charge is 2.35. The molecule has 3 rings (SSSR count). The van der Waals surface area contributed by atoms with Gasteiger partial charge in [-0.25, -0.2) is 4.39 Å². The van der Waals surface area contributed by atoms with Gasteiger partial charge in [0.05, 0.1) is 10.8 Å². The van der Waals surface area contributed by atoms with Gasteiger partial charge in [0.15, 0.2) is 0 Å². The van der Waals surface area contributed by atoms with Gasteiger partial charge < -0.3 is 10.0 Å². The van der Waals surface area contributed by atoms with E-state index in [0.717, 1.165) is 17.5 Å². The first-order valence-electron chi connectivity index (χ1n) is 7.19. The Balaban J connectivity index is 1.88. The molecule has 2 aromatic rings. The lowest BCUT2D eigenvalue weighted by Gasteiger charge is -2.23. The molecular weight excluding hydrogens is 305 g/mol. The number of benzene rings is 1. The summed E-state index contributed by atoms with van der Waals surface area (Å²) >= 11 is 1.25. The minimum atomic E-state index is -0.916. The van der Waals surface area contributed by atoms with Gasteiger partial charge in [0.25, 0.3) is 5.91 Å². The van der Waals surface area contributed by atoms with E-state index in [1.54, 1.807) is 30.0 Å². The summed E-state index contributed by atoms with van der Waals surface area (Å²) in [6.45, 7) is 1.78. The van der Waals surface area contributed by atoms with Crippen molar-refractivity contribution >= 4 is 33.3 Å². The van der Waals surface area contributed by atoms with Gasteiger partial charge >= 0.3 is 5.97 Å². The van der Waals surface area contributed by atoms with Crippen molar-refractivity contribution in [2.45, 2.75) is 25.8 Å². The zero-order valence-corrected chi connectivity index (χ0v) is 12.9. The molecule has 22 heavy (non-hydrogen) atoms. The van der Waals surface area contributed by atoms with E-state index in [2.05, 4.69) is 0 Å². The fourth-order valence-corrected chi connectivity index (χ4v) is 3.46. The largest absolute Gasteiger partial charge is 0.481 e. The van der Waals surface area contributed by atoms with Crippen LogP contribution >= 0.6 is 11.3 Å². The first-order chi connectivity index (χ1) is 10.5. The van der Waals surface area contributed by atoms with Crippen LogP contribution in [0.2, 0.25) is 0 Å². The second-order valence-corrected chi connectivity index (χ2v) is 6.77. The molecule has 1 aliphatic rings. The quantitative estimate of drug-likeness (QED) is 0.918. The lowest BCUT2D eigenvalue weighted by atomic mass is 10.1. The van der Waals surface area contributed by atoms with E-state index in [1.807, 2.05) is 0 Å². The summed E-state index contributed by atoms with van der Waals surface area (Å²) in [6.07, 6.45) is 1.80. The number of halogens is 1. The van der Waals surface area contributed by atoms with E-state index in [1.165, 1.54) is 17.4 Å². The predicted molar refractivity (Wildman–Crippen MR) is 82.6 cm³/mol. The van der Waals surface area contributed by atoms with Gasteiger partial charge in [0, 0.05) is 22.7 Å². The summed E-state index contributed by atoms with van der Waals surface area (Å²) in [4.78, 5) is 25.8. The van der Waals surface area contributed by atoms with Crippen LogP contribution in [0.15, 0.2) is 24.3 Å². The maximum absolute atomic E-state index is 13.8. The van der Waals surface area contributed by atoms with Crippen molar-refractivity contribution in [2.75, 3.05) is 6.54 Å². The van der Waals surface area contributed by atoms with Crippen molar-refractivity contribution in [1.82, 2.24) is 4.90 Å². The molecule has 1 atom stereocenters. The minimum absolute atomic E-state index is 0.115. The molecule has 4 nitrogen and oxygen atoms in total. The SMILES string of the molecule is C[C@@H](CN(C(=O)c1cc2c(F)cccc2s1)C1CC1)C(=O)O. The maximum atomic E-state index is 13.8. The minimum Gasteiger partial charge on any atom is -0.481 e. The Morgan fingerprint density at radius 2 is 2.18 bits per heavy atom. The van der Waals surface area contributed by atoms with Crippen LogP contribution in [-0.4, -0.2) is 34.5 Å². The third-order valence-corrected chi connectivity index (χ3v) is 4.95. The first kappa shape index (κ1) is 15.0. The molecule has 1 fully saturated rings. The van der Waals surface area contributed by atoms with Gasteiger partial charge in [0.2, 0.25) is 0 Å². The Morgan fingerprint density at radius 1 is 1.45 bits per heavy atom. The first-order valence-corrected chi connectivity index (χ1v) is 8.01. The molecule has 1 saturated carbocycles. The Kier molecular flexibility index (Phi) is 3.87. The molecule has 0 saturated heterocycles. The number of carboxylic acids is 1. The standard InChI is InChI=1S/C16H16FNO3S/c1-9(16(20)21)8-18(10-5-6-10)15(19)14-7-11-12(17)3-2-4-13(11)22-14/h2-4,7,9-10H,5-6,8H2,1H3,(H,20,21)/t9-/m0/s1. The van der Waals surface area contributed by atoms with Gasteiger partial charge in [0.1, 0.15) is 5.82 Å². The summed E-state index contributed by atoms with van der Waals surface area (Å²) in [5, 5.41) is 9.49. The van der Waals surface area contributed by atoms with Crippen LogP contribution in [0, 0.1) is 11.7 Å². The van der Waals surface area contributed by atoms with E-state index >= 15 is 0 Å². The number of rotatable bonds is 5. The molecule has 0 aliphatic heterocycles. The van der Waals surface area contributed by atoms with Gasteiger partial charge in [-0.3, -0.25) is 9.59 Å². The van der Waals surface area contributed by atoms with E-state index < -0.39 is 11.9 Å². The lowest BCUT2D eigenvalue weighted by molar-refractivity contribution is -0.141. The second kappa shape index (κ2) is 5.68. The summed E-state index contributed by atoms with van der Waals surface area (Å²) in [5.74, 6) is -2.07.